The van der Waals surface area contributed by atoms with Gasteiger partial charge in [-0.2, -0.15) is 0 Å². The number of rotatable bonds is 4. The summed E-state index contributed by atoms with van der Waals surface area (Å²) in [6.45, 7) is 3.40. The summed E-state index contributed by atoms with van der Waals surface area (Å²) in [6.07, 6.45) is 5.05. The summed E-state index contributed by atoms with van der Waals surface area (Å²) < 4.78 is 11.8. The highest BCUT2D eigenvalue weighted by Gasteiger charge is 2.29. The van der Waals surface area contributed by atoms with E-state index in [1.807, 2.05) is 36.7 Å². The lowest BCUT2D eigenvalue weighted by atomic mass is 10.0. The van der Waals surface area contributed by atoms with Crippen molar-refractivity contribution in [2.45, 2.75) is 19.1 Å². The van der Waals surface area contributed by atoms with Crippen LogP contribution in [0.25, 0.3) is 0 Å². The Bertz CT molecular complexity index is 562. The van der Waals surface area contributed by atoms with E-state index in [9.17, 15) is 0 Å². The van der Waals surface area contributed by atoms with Crippen molar-refractivity contribution in [3.05, 3.63) is 48.5 Å². The third kappa shape index (κ3) is 2.58. The van der Waals surface area contributed by atoms with Gasteiger partial charge in [-0.15, -0.1) is 0 Å². The minimum Gasteiger partial charge on any atom is -0.486 e. The van der Waals surface area contributed by atoms with Crippen molar-refractivity contribution in [1.82, 2.24) is 15.3 Å². The molecular weight excluding hydrogens is 254 g/mol. The van der Waals surface area contributed by atoms with Crippen molar-refractivity contribution in [3.63, 3.8) is 0 Å². The first-order valence-corrected chi connectivity index (χ1v) is 6.75. The van der Waals surface area contributed by atoms with Crippen LogP contribution >= 0.6 is 0 Å². The van der Waals surface area contributed by atoms with Crippen LogP contribution in [0, 0.1) is 0 Å². The molecule has 2 atom stereocenters. The fraction of sp³-hybridized carbons (Fsp3) is 0.333. The molecule has 0 amide bonds. The summed E-state index contributed by atoms with van der Waals surface area (Å²) >= 11 is 0. The lowest BCUT2D eigenvalue weighted by molar-refractivity contribution is 0.0619. The number of fused-ring (bicyclic) bond motifs is 1. The fourth-order valence-corrected chi connectivity index (χ4v) is 2.36. The first-order chi connectivity index (χ1) is 9.88. The van der Waals surface area contributed by atoms with E-state index in [1.54, 1.807) is 0 Å². The molecule has 1 aliphatic heterocycles. The summed E-state index contributed by atoms with van der Waals surface area (Å²) in [5.41, 5.74) is 1.00. The smallest absolute Gasteiger partial charge is 0.161 e. The van der Waals surface area contributed by atoms with Crippen molar-refractivity contribution in [1.29, 1.82) is 0 Å². The Hall–Kier alpha value is -2.14. The highest BCUT2D eigenvalue weighted by atomic mass is 16.6. The Balaban J connectivity index is 1.83. The number of hydrogen-bond donors (Lipinski definition) is 1. The first kappa shape index (κ1) is 12.9. The van der Waals surface area contributed by atoms with E-state index in [1.165, 1.54) is 6.33 Å². The number of nitrogens with zero attached hydrogens (tertiary/aromatic N) is 2. The predicted octanol–water partition coefficient (Wildman–Crippen LogP) is 1.97. The molecule has 1 aromatic heterocycles. The Morgan fingerprint density at radius 1 is 1.25 bits per heavy atom. The predicted molar refractivity (Wildman–Crippen MR) is 74.8 cm³/mol. The molecule has 0 saturated heterocycles. The molecule has 2 aromatic rings. The van der Waals surface area contributed by atoms with E-state index in [0.29, 0.717) is 6.61 Å². The van der Waals surface area contributed by atoms with Gasteiger partial charge in [-0.05, 0) is 18.7 Å². The molecule has 0 radical (unpaired) electrons. The number of aromatic nitrogens is 2. The summed E-state index contributed by atoms with van der Waals surface area (Å²) in [5.74, 6) is 1.58. The van der Waals surface area contributed by atoms with Crippen LogP contribution < -0.4 is 14.8 Å². The number of ether oxygens (including phenoxy) is 2. The molecule has 1 aromatic carbocycles. The maximum atomic E-state index is 6.06. The third-order valence-electron chi connectivity index (χ3n) is 3.27. The van der Waals surface area contributed by atoms with Crippen LogP contribution in [0.5, 0.6) is 11.5 Å². The second-order valence-corrected chi connectivity index (χ2v) is 4.62. The van der Waals surface area contributed by atoms with Crippen LogP contribution in [0.15, 0.2) is 43.0 Å². The van der Waals surface area contributed by atoms with E-state index >= 15 is 0 Å². The van der Waals surface area contributed by atoms with Gasteiger partial charge in [0.05, 0.1) is 6.04 Å². The molecule has 5 nitrogen and oxygen atoms in total. The van der Waals surface area contributed by atoms with Crippen LogP contribution in [-0.4, -0.2) is 29.2 Å². The molecule has 3 rings (SSSR count). The van der Waals surface area contributed by atoms with Crippen molar-refractivity contribution >= 4 is 0 Å². The highest BCUT2D eigenvalue weighted by molar-refractivity contribution is 5.41. The Labute approximate surface area is 118 Å². The van der Waals surface area contributed by atoms with Gasteiger partial charge >= 0.3 is 0 Å². The van der Waals surface area contributed by atoms with Crippen molar-refractivity contribution in [3.8, 4) is 11.5 Å². The molecule has 1 N–H and O–H groups in total. The van der Waals surface area contributed by atoms with Crippen LogP contribution in [0.1, 0.15) is 18.5 Å². The van der Waals surface area contributed by atoms with Gasteiger partial charge in [0.1, 0.15) is 12.9 Å². The molecule has 0 saturated carbocycles. The maximum absolute atomic E-state index is 6.06. The Kier molecular flexibility index (Phi) is 3.78. The Morgan fingerprint density at radius 3 is 2.75 bits per heavy atom. The number of hydrogen-bond acceptors (Lipinski definition) is 5. The van der Waals surface area contributed by atoms with E-state index in [-0.39, 0.29) is 12.1 Å². The minimum atomic E-state index is -0.101. The fourth-order valence-electron chi connectivity index (χ4n) is 2.36. The molecule has 20 heavy (non-hydrogen) atoms. The molecule has 0 aliphatic carbocycles. The SMILES string of the molecule is CCNC(c1cncnc1)C1COc2ccccc2O1. The first-order valence-electron chi connectivity index (χ1n) is 6.75. The topological polar surface area (TPSA) is 56.3 Å². The largest absolute Gasteiger partial charge is 0.486 e. The van der Waals surface area contributed by atoms with E-state index in [2.05, 4.69) is 22.2 Å². The van der Waals surface area contributed by atoms with Gasteiger partial charge in [0.15, 0.2) is 17.6 Å². The lowest BCUT2D eigenvalue weighted by Crippen LogP contribution is -2.41. The second-order valence-electron chi connectivity index (χ2n) is 4.62. The van der Waals surface area contributed by atoms with Gasteiger partial charge in [-0.25, -0.2) is 9.97 Å². The molecule has 104 valence electrons. The summed E-state index contributed by atoms with van der Waals surface area (Å²) in [7, 11) is 0. The van der Waals surface area contributed by atoms with Crippen LogP contribution in [0.2, 0.25) is 0 Å². The van der Waals surface area contributed by atoms with E-state index < -0.39 is 0 Å². The summed E-state index contributed by atoms with van der Waals surface area (Å²) in [6, 6.07) is 7.73. The standard InChI is InChI=1S/C15H17N3O2/c1-2-18-15(11-7-16-10-17-8-11)14-9-19-12-5-3-4-6-13(12)20-14/h3-8,10,14-15,18H,2,9H2,1H3. The zero-order chi connectivity index (χ0) is 13.8. The summed E-state index contributed by atoms with van der Waals surface area (Å²) in [4.78, 5) is 8.16. The molecule has 0 fully saturated rings. The molecule has 2 unspecified atom stereocenters. The van der Waals surface area contributed by atoms with Gasteiger partial charge in [-0.3, -0.25) is 0 Å². The number of nitrogens with one attached hydrogen (secondary N) is 1. The van der Waals surface area contributed by atoms with Crippen molar-refractivity contribution < 1.29 is 9.47 Å². The normalized spacial score (nSPS) is 18.6. The lowest BCUT2D eigenvalue weighted by Gasteiger charge is -2.32. The minimum absolute atomic E-state index is 0.00885. The van der Waals surface area contributed by atoms with Crippen LogP contribution in [0.4, 0.5) is 0 Å². The van der Waals surface area contributed by atoms with Gasteiger partial charge in [0.25, 0.3) is 0 Å². The number of benzene rings is 1. The van der Waals surface area contributed by atoms with Gasteiger partial charge < -0.3 is 14.8 Å². The molecular formula is C15H17N3O2. The van der Waals surface area contributed by atoms with Crippen LogP contribution in [0.3, 0.4) is 0 Å². The average Bonchev–Trinajstić information content (AvgIpc) is 2.53. The second kappa shape index (κ2) is 5.88. The van der Waals surface area contributed by atoms with E-state index in [4.69, 9.17) is 9.47 Å². The third-order valence-corrected chi connectivity index (χ3v) is 3.27. The molecule has 5 heteroatoms. The van der Waals surface area contributed by atoms with E-state index in [0.717, 1.165) is 23.6 Å². The number of para-hydroxylation sites is 2. The van der Waals surface area contributed by atoms with Crippen LogP contribution in [-0.2, 0) is 0 Å². The zero-order valence-corrected chi connectivity index (χ0v) is 11.3. The van der Waals surface area contributed by atoms with Gasteiger partial charge in [0.2, 0.25) is 0 Å². The monoisotopic (exact) mass is 271 g/mol. The molecule has 0 bridgehead atoms. The quantitative estimate of drug-likeness (QED) is 0.921. The Morgan fingerprint density at radius 2 is 2.00 bits per heavy atom. The van der Waals surface area contributed by atoms with Gasteiger partial charge in [-0.1, -0.05) is 19.1 Å². The van der Waals surface area contributed by atoms with Crippen molar-refractivity contribution in [2.75, 3.05) is 13.2 Å². The maximum Gasteiger partial charge on any atom is 0.161 e. The molecule has 0 spiro atoms. The highest BCUT2D eigenvalue weighted by Crippen LogP contribution is 2.34. The zero-order valence-electron chi connectivity index (χ0n) is 11.3. The van der Waals surface area contributed by atoms with Crippen molar-refractivity contribution in [2.24, 2.45) is 0 Å². The number of likely N-dealkylation sites (N-methyl/N-ethyl adjacent to an activating group) is 1. The average molecular weight is 271 g/mol. The molecule has 1 aliphatic rings. The molecule has 2 heterocycles. The summed E-state index contributed by atoms with van der Waals surface area (Å²) in [5, 5.41) is 3.41. The van der Waals surface area contributed by atoms with Gasteiger partial charge in [0, 0.05) is 18.0 Å².